The maximum absolute atomic E-state index is 12.8. The highest BCUT2D eigenvalue weighted by molar-refractivity contribution is 5.85. The molecule has 4 heterocycles. The van der Waals surface area contributed by atoms with Crippen molar-refractivity contribution < 1.29 is 4.79 Å². The van der Waals surface area contributed by atoms with Gasteiger partial charge in [0.05, 0.1) is 5.69 Å². The summed E-state index contributed by atoms with van der Waals surface area (Å²) in [5.41, 5.74) is 5.17. The van der Waals surface area contributed by atoms with E-state index >= 15 is 0 Å². The number of rotatable bonds is 4. The molecule has 0 bridgehead atoms. The molecule has 0 N–H and O–H groups in total. The first-order valence-corrected chi connectivity index (χ1v) is 12.4. The second-order valence-electron chi connectivity index (χ2n) is 10.2. The third kappa shape index (κ3) is 3.83. The summed E-state index contributed by atoms with van der Waals surface area (Å²) in [7, 11) is 0. The van der Waals surface area contributed by atoms with Gasteiger partial charge in [-0.3, -0.25) is 4.79 Å². The van der Waals surface area contributed by atoms with Crippen molar-refractivity contribution in [3.63, 3.8) is 0 Å². The SMILES string of the molecule is CC1(C(=O)N2CCCC2)CC(C=Nc2ncc3c(n2)CCCC=C3c2ccc3nccn3c2)C1. The third-order valence-corrected chi connectivity index (χ3v) is 7.55. The Bertz CT molecular complexity index is 1290. The van der Waals surface area contributed by atoms with E-state index in [0.717, 1.165) is 80.5 Å². The smallest absolute Gasteiger partial charge is 0.249 e. The van der Waals surface area contributed by atoms with Gasteiger partial charge in [0.15, 0.2) is 0 Å². The van der Waals surface area contributed by atoms with Crippen LogP contribution in [0, 0.1) is 11.3 Å². The number of aryl methyl sites for hydroxylation is 1. The van der Waals surface area contributed by atoms with Crippen molar-refractivity contribution in [3.8, 4) is 0 Å². The second kappa shape index (κ2) is 8.46. The summed E-state index contributed by atoms with van der Waals surface area (Å²) in [6.45, 7) is 3.94. The van der Waals surface area contributed by atoms with Crippen LogP contribution >= 0.6 is 0 Å². The van der Waals surface area contributed by atoms with E-state index in [1.807, 2.05) is 40.2 Å². The number of carbonyl (C=O) groups excluding carboxylic acids is 1. The second-order valence-corrected chi connectivity index (χ2v) is 10.2. The number of fused-ring (bicyclic) bond motifs is 2. The lowest BCUT2D eigenvalue weighted by molar-refractivity contribution is -0.146. The number of aromatic nitrogens is 4. The molecule has 3 aromatic heterocycles. The zero-order chi connectivity index (χ0) is 23.1. The van der Waals surface area contributed by atoms with E-state index in [4.69, 9.17) is 4.98 Å². The lowest BCUT2D eigenvalue weighted by Crippen LogP contribution is -2.49. The number of hydrogen-bond donors (Lipinski definition) is 0. The third-order valence-electron chi connectivity index (χ3n) is 7.55. The van der Waals surface area contributed by atoms with Crippen LogP contribution in [-0.4, -0.2) is 49.5 Å². The Hall–Kier alpha value is -3.35. The standard InChI is InChI=1S/C27H30N6O/c1-27(25(34)32-11-4-5-12-32)14-19(15-27)16-29-26-30-17-22-21(6-2-3-7-23(22)31-26)20-8-9-24-28-10-13-33(24)18-20/h6,8-10,13,16-19H,2-5,7,11-12,14-15H2,1H3. The van der Waals surface area contributed by atoms with E-state index in [0.29, 0.717) is 17.8 Å². The first kappa shape index (κ1) is 21.2. The van der Waals surface area contributed by atoms with Gasteiger partial charge in [-0.05, 0) is 74.1 Å². The molecule has 0 radical (unpaired) electrons. The Morgan fingerprint density at radius 2 is 2.03 bits per heavy atom. The summed E-state index contributed by atoms with van der Waals surface area (Å²) in [6.07, 6.45) is 19.1. The van der Waals surface area contributed by atoms with Crippen LogP contribution in [0.3, 0.4) is 0 Å². The van der Waals surface area contributed by atoms with Gasteiger partial charge in [-0.15, -0.1) is 0 Å². The number of nitrogens with zero attached hydrogens (tertiary/aromatic N) is 6. The predicted molar refractivity (Wildman–Crippen MR) is 132 cm³/mol. The minimum atomic E-state index is -0.230. The highest BCUT2D eigenvalue weighted by atomic mass is 16.2. The Morgan fingerprint density at radius 1 is 1.18 bits per heavy atom. The first-order valence-electron chi connectivity index (χ1n) is 12.4. The summed E-state index contributed by atoms with van der Waals surface area (Å²) < 4.78 is 2.04. The molecule has 3 aliphatic rings. The maximum atomic E-state index is 12.8. The van der Waals surface area contributed by atoms with Gasteiger partial charge in [-0.25, -0.2) is 19.9 Å². The summed E-state index contributed by atoms with van der Waals surface area (Å²) in [5.74, 6) is 1.16. The van der Waals surface area contributed by atoms with E-state index < -0.39 is 0 Å². The molecule has 0 spiro atoms. The average Bonchev–Trinajstić information content (AvgIpc) is 3.49. The molecule has 1 saturated carbocycles. The molecule has 0 aromatic carbocycles. The molecule has 1 amide bonds. The van der Waals surface area contributed by atoms with Crippen LogP contribution in [-0.2, 0) is 11.2 Å². The molecule has 6 rings (SSSR count). The van der Waals surface area contributed by atoms with Crippen molar-refractivity contribution in [2.75, 3.05) is 13.1 Å². The molecule has 174 valence electrons. The minimum absolute atomic E-state index is 0.230. The molecule has 0 unspecified atom stereocenters. The topological polar surface area (TPSA) is 75.8 Å². The zero-order valence-electron chi connectivity index (χ0n) is 19.7. The molecule has 34 heavy (non-hydrogen) atoms. The maximum Gasteiger partial charge on any atom is 0.249 e. The first-order chi connectivity index (χ1) is 16.6. The number of pyridine rings is 1. The van der Waals surface area contributed by atoms with Gasteiger partial charge in [0.25, 0.3) is 0 Å². The minimum Gasteiger partial charge on any atom is -0.342 e. The van der Waals surface area contributed by atoms with Gasteiger partial charge >= 0.3 is 0 Å². The lowest BCUT2D eigenvalue weighted by atomic mass is 9.63. The van der Waals surface area contributed by atoms with Crippen LogP contribution in [0.1, 0.15) is 62.3 Å². The van der Waals surface area contributed by atoms with E-state index in [2.05, 4.69) is 40.2 Å². The molecule has 7 nitrogen and oxygen atoms in total. The van der Waals surface area contributed by atoms with E-state index in [1.54, 1.807) is 0 Å². The fourth-order valence-corrected chi connectivity index (χ4v) is 5.71. The molecule has 7 heteroatoms. The fourth-order valence-electron chi connectivity index (χ4n) is 5.71. The lowest BCUT2D eigenvalue weighted by Gasteiger charge is -2.44. The van der Waals surface area contributed by atoms with Crippen molar-refractivity contribution in [2.45, 2.75) is 51.9 Å². The predicted octanol–water partition coefficient (Wildman–Crippen LogP) is 4.63. The highest BCUT2D eigenvalue weighted by Gasteiger charge is 2.47. The van der Waals surface area contributed by atoms with Crippen molar-refractivity contribution >= 4 is 29.3 Å². The van der Waals surface area contributed by atoms with Crippen molar-refractivity contribution in [1.82, 2.24) is 24.3 Å². The fraction of sp³-hybridized carbons (Fsp3) is 0.444. The Kier molecular flexibility index (Phi) is 5.27. The Morgan fingerprint density at radius 3 is 2.88 bits per heavy atom. The van der Waals surface area contributed by atoms with E-state index in [9.17, 15) is 4.79 Å². The van der Waals surface area contributed by atoms with Crippen LogP contribution < -0.4 is 0 Å². The molecule has 0 atom stereocenters. The van der Waals surface area contributed by atoms with Gasteiger partial charge in [-0.2, -0.15) is 0 Å². The van der Waals surface area contributed by atoms with Crippen LogP contribution in [0.5, 0.6) is 0 Å². The van der Waals surface area contributed by atoms with Crippen LogP contribution in [0.4, 0.5) is 5.95 Å². The van der Waals surface area contributed by atoms with Crippen LogP contribution in [0.15, 0.2) is 48.0 Å². The molecule has 2 fully saturated rings. The van der Waals surface area contributed by atoms with Gasteiger partial charge < -0.3 is 9.30 Å². The van der Waals surface area contributed by atoms with Crippen molar-refractivity contribution in [2.24, 2.45) is 16.3 Å². The molecular weight excluding hydrogens is 424 g/mol. The summed E-state index contributed by atoms with van der Waals surface area (Å²) in [4.78, 5) is 33.2. The summed E-state index contributed by atoms with van der Waals surface area (Å²) >= 11 is 0. The molecule has 3 aromatic rings. The number of allylic oxidation sites excluding steroid dienone is 1. The summed E-state index contributed by atoms with van der Waals surface area (Å²) in [6, 6.07) is 4.16. The number of imidazole rings is 1. The number of likely N-dealkylation sites (tertiary alicyclic amines) is 1. The molecule has 1 aliphatic heterocycles. The largest absolute Gasteiger partial charge is 0.342 e. The molecule has 1 saturated heterocycles. The average molecular weight is 455 g/mol. The molecule has 2 aliphatic carbocycles. The Labute approximate surface area is 199 Å². The zero-order valence-corrected chi connectivity index (χ0v) is 19.7. The van der Waals surface area contributed by atoms with Crippen molar-refractivity contribution in [3.05, 3.63) is 59.8 Å². The van der Waals surface area contributed by atoms with Gasteiger partial charge in [0, 0.05) is 55.1 Å². The van der Waals surface area contributed by atoms with E-state index in [1.165, 1.54) is 5.57 Å². The highest BCUT2D eigenvalue weighted by Crippen LogP contribution is 2.46. The van der Waals surface area contributed by atoms with Gasteiger partial charge in [0.2, 0.25) is 11.9 Å². The number of amides is 1. The monoisotopic (exact) mass is 454 g/mol. The summed E-state index contributed by atoms with van der Waals surface area (Å²) in [5, 5.41) is 0. The van der Waals surface area contributed by atoms with Crippen LogP contribution in [0.25, 0.3) is 11.2 Å². The van der Waals surface area contributed by atoms with Gasteiger partial charge in [0.1, 0.15) is 5.65 Å². The van der Waals surface area contributed by atoms with Gasteiger partial charge in [-0.1, -0.05) is 13.0 Å². The molecular formula is C27H30N6O. The quantitative estimate of drug-likeness (QED) is 0.539. The van der Waals surface area contributed by atoms with Crippen LogP contribution in [0.2, 0.25) is 0 Å². The number of aliphatic imine (C=N–C) groups is 1. The van der Waals surface area contributed by atoms with E-state index in [-0.39, 0.29) is 5.41 Å². The number of hydrogen-bond acceptors (Lipinski definition) is 5. The van der Waals surface area contributed by atoms with Crippen molar-refractivity contribution in [1.29, 1.82) is 0 Å². The Balaban J connectivity index is 1.18. The number of carbonyl (C=O) groups is 1. The normalized spacial score (nSPS) is 24.7.